The average Bonchev–Trinajstić information content (AvgIpc) is 3.25. The van der Waals surface area contributed by atoms with Gasteiger partial charge in [-0.2, -0.15) is 11.8 Å². The van der Waals surface area contributed by atoms with Gasteiger partial charge in [-0.3, -0.25) is 19.8 Å². The van der Waals surface area contributed by atoms with E-state index in [0.717, 1.165) is 49.9 Å². The summed E-state index contributed by atoms with van der Waals surface area (Å²) < 4.78 is 0. The van der Waals surface area contributed by atoms with E-state index in [0.29, 0.717) is 5.75 Å². The summed E-state index contributed by atoms with van der Waals surface area (Å²) in [6.45, 7) is 7.11. The minimum Gasteiger partial charge on any atom is -0.351 e. The number of carbonyl (C=O) groups excluding carboxylic acids is 2. The summed E-state index contributed by atoms with van der Waals surface area (Å²) in [4.78, 5) is 28.8. The fraction of sp³-hybridized carbons (Fsp3) is 0.714. The minimum atomic E-state index is -0.482. The van der Waals surface area contributed by atoms with E-state index in [4.69, 9.17) is 0 Å². The third kappa shape index (κ3) is 8.67. The monoisotopic (exact) mass is 532 g/mol. The van der Waals surface area contributed by atoms with Gasteiger partial charge in [-0.05, 0) is 56.8 Å². The molecular formula is C28H44N4O2S2. The summed E-state index contributed by atoms with van der Waals surface area (Å²) in [5, 5.41) is 9.79. The van der Waals surface area contributed by atoms with E-state index in [1.807, 2.05) is 11.8 Å². The number of hydrogen-bond acceptors (Lipinski definition) is 6. The zero-order valence-corrected chi connectivity index (χ0v) is 23.6. The molecule has 4 rings (SSSR count). The molecule has 1 aromatic rings. The van der Waals surface area contributed by atoms with Crippen LogP contribution in [0.15, 0.2) is 30.3 Å². The lowest BCUT2D eigenvalue weighted by molar-refractivity contribution is -0.129. The van der Waals surface area contributed by atoms with Crippen LogP contribution in [0, 0.1) is 5.92 Å². The van der Waals surface area contributed by atoms with Gasteiger partial charge >= 0.3 is 0 Å². The topological polar surface area (TPSA) is 73.5 Å². The highest BCUT2D eigenvalue weighted by atomic mass is 32.2. The van der Waals surface area contributed by atoms with Crippen molar-refractivity contribution in [3.63, 3.8) is 0 Å². The number of rotatable bonds is 10. The minimum absolute atomic E-state index is 0.0223. The van der Waals surface area contributed by atoms with E-state index in [1.54, 1.807) is 11.8 Å². The summed E-state index contributed by atoms with van der Waals surface area (Å²) >= 11 is 3.59. The summed E-state index contributed by atoms with van der Waals surface area (Å²) in [6.07, 6.45) is 8.51. The van der Waals surface area contributed by atoms with Crippen LogP contribution in [0.3, 0.4) is 0 Å². The van der Waals surface area contributed by atoms with Crippen molar-refractivity contribution in [1.82, 2.24) is 20.9 Å². The first-order chi connectivity index (χ1) is 17.4. The molecule has 0 unspecified atom stereocenters. The zero-order chi connectivity index (χ0) is 25.4. The molecule has 2 atom stereocenters. The second-order valence-corrected chi connectivity index (χ2v) is 13.9. The predicted molar refractivity (Wildman–Crippen MR) is 152 cm³/mol. The summed E-state index contributed by atoms with van der Waals surface area (Å²) in [5.41, 5.74) is 1.33. The lowest BCUT2D eigenvalue weighted by atomic mass is 9.91. The molecule has 0 bridgehead atoms. The van der Waals surface area contributed by atoms with Crippen molar-refractivity contribution in [1.29, 1.82) is 0 Å². The van der Waals surface area contributed by atoms with Gasteiger partial charge in [0, 0.05) is 37.2 Å². The van der Waals surface area contributed by atoms with E-state index in [9.17, 15) is 9.59 Å². The van der Waals surface area contributed by atoms with Gasteiger partial charge < -0.3 is 10.6 Å². The zero-order valence-electron chi connectivity index (χ0n) is 22.0. The highest BCUT2D eigenvalue weighted by Crippen LogP contribution is 2.29. The number of piperidine rings is 1. The van der Waals surface area contributed by atoms with Gasteiger partial charge in [-0.15, -0.1) is 11.8 Å². The first-order valence-electron chi connectivity index (χ1n) is 13.7. The highest BCUT2D eigenvalue weighted by Gasteiger charge is 2.36. The Hall–Kier alpha value is -1.22. The van der Waals surface area contributed by atoms with Crippen molar-refractivity contribution in [2.24, 2.45) is 5.92 Å². The van der Waals surface area contributed by atoms with Crippen molar-refractivity contribution in [3.05, 3.63) is 35.9 Å². The lowest BCUT2D eigenvalue weighted by Gasteiger charge is -2.33. The number of carbonyl (C=O) groups is 2. The maximum Gasteiger partial charge on any atom is 0.243 e. The van der Waals surface area contributed by atoms with Crippen LogP contribution in [0.1, 0.15) is 64.4 Å². The first kappa shape index (κ1) is 27.8. The molecule has 1 aromatic carbocycles. The SMILES string of the molecule is CC1(C)N[C@H](C(=O)N[C@@H](CSCC2CCCCC2)C(=O)NC2CCN(Cc3ccccc3)CC2)CS1. The first-order valence-corrected chi connectivity index (χ1v) is 15.9. The molecule has 3 N–H and O–H groups in total. The van der Waals surface area contributed by atoms with E-state index in [-0.39, 0.29) is 28.8 Å². The molecule has 6 nitrogen and oxygen atoms in total. The summed E-state index contributed by atoms with van der Waals surface area (Å²) in [5.74, 6) is 3.15. The van der Waals surface area contributed by atoms with Gasteiger partial charge in [0.15, 0.2) is 0 Å². The van der Waals surface area contributed by atoms with E-state index in [1.165, 1.54) is 37.7 Å². The van der Waals surface area contributed by atoms with Gasteiger partial charge in [-0.1, -0.05) is 49.6 Å². The molecule has 2 amide bonds. The van der Waals surface area contributed by atoms with Crippen LogP contribution in [0.2, 0.25) is 0 Å². The van der Waals surface area contributed by atoms with Gasteiger partial charge in [0.25, 0.3) is 0 Å². The van der Waals surface area contributed by atoms with Crippen LogP contribution in [-0.4, -0.2) is 70.1 Å². The Kier molecular flexibility index (Phi) is 10.5. The van der Waals surface area contributed by atoms with E-state index < -0.39 is 6.04 Å². The Morgan fingerprint density at radius 3 is 2.50 bits per heavy atom. The molecule has 200 valence electrons. The van der Waals surface area contributed by atoms with E-state index >= 15 is 0 Å². The normalized spacial score (nSPS) is 24.3. The molecule has 1 aliphatic carbocycles. The van der Waals surface area contributed by atoms with Crippen LogP contribution in [0.4, 0.5) is 0 Å². The molecule has 3 aliphatic rings. The van der Waals surface area contributed by atoms with Crippen LogP contribution in [0.5, 0.6) is 0 Å². The molecule has 36 heavy (non-hydrogen) atoms. The number of hydrogen-bond donors (Lipinski definition) is 3. The Bertz CT molecular complexity index is 839. The molecule has 3 fully saturated rings. The van der Waals surface area contributed by atoms with Crippen LogP contribution in [-0.2, 0) is 16.1 Å². The van der Waals surface area contributed by atoms with E-state index in [2.05, 4.69) is 65.0 Å². The summed E-state index contributed by atoms with van der Waals surface area (Å²) in [7, 11) is 0. The molecule has 0 aromatic heterocycles. The molecule has 1 saturated carbocycles. The Labute approximate surface area is 225 Å². The van der Waals surface area contributed by atoms with Gasteiger partial charge in [0.1, 0.15) is 6.04 Å². The maximum atomic E-state index is 13.4. The maximum absolute atomic E-state index is 13.4. The van der Waals surface area contributed by atoms with Crippen molar-refractivity contribution < 1.29 is 9.59 Å². The molecule has 2 heterocycles. The van der Waals surface area contributed by atoms with Crippen molar-refractivity contribution in [3.8, 4) is 0 Å². The van der Waals surface area contributed by atoms with Gasteiger partial charge in [0.05, 0.1) is 10.9 Å². The second-order valence-electron chi connectivity index (χ2n) is 11.2. The summed E-state index contributed by atoms with van der Waals surface area (Å²) in [6, 6.07) is 10.0. The third-order valence-corrected chi connectivity index (χ3v) is 10.2. The number of amides is 2. The molecule has 0 radical (unpaired) electrons. The van der Waals surface area contributed by atoms with Crippen LogP contribution < -0.4 is 16.0 Å². The molecule has 8 heteroatoms. The second kappa shape index (κ2) is 13.5. The average molecular weight is 533 g/mol. The number of thioether (sulfide) groups is 2. The Morgan fingerprint density at radius 2 is 1.83 bits per heavy atom. The van der Waals surface area contributed by atoms with Crippen LogP contribution >= 0.6 is 23.5 Å². The molecule has 2 saturated heterocycles. The number of benzene rings is 1. The largest absolute Gasteiger partial charge is 0.351 e. The smallest absolute Gasteiger partial charge is 0.243 e. The third-order valence-electron chi connectivity index (χ3n) is 7.63. The van der Waals surface area contributed by atoms with Crippen molar-refractivity contribution in [2.75, 3.05) is 30.3 Å². The molecule has 2 aliphatic heterocycles. The highest BCUT2D eigenvalue weighted by molar-refractivity contribution is 8.00. The van der Waals surface area contributed by atoms with Crippen molar-refractivity contribution >= 4 is 35.3 Å². The van der Waals surface area contributed by atoms with Gasteiger partial charge in [0.2, 0.25) is 11.8 Å². The number of likely N-dealkylation sites (tertiary alicyclic amines) is 1. The Morgan fingerprint density at radius 1 is 1.11 bits per heavy atom. The fourth-order valence-corrected chi connectivity index (χ4v) is 7.79. The fourth-order valence-electron chi connectivity index (χ4n) is 5.48. The predicted octanol–water partition coefficient (Wildman–Crippen LogP) is 4.01. The number of nitrogens with one attached hydrogen (secondary N) is 3. The standard InChI is InChI=1S/C28H44N4O2S2/c1-28(2)31-25(20-36-28)27(34)30-24(19-35-18-22-11-7-4-8-12-22)26(33)29-23-13-15-32(16-14-23)17-21-9-5-3-6-10-21/h3,5-6,9-10,22-25,31H,4,7-8,11-20H2,1-2H3,(H,29,33)(H,30,34)/t24-,25-/m0/s1. The Balaban J connectivity index is 1.27. The van der Waals surface area contributed by atoms with Crippen molar-refractivity contribution in [2.45, 2.75) is 88.3 Å². The molecule has 0 spiro atoms. The quantitative estimate of drug-likeness (QED) is 0.423. The molecular weight excluding hydrogens is 488 g/mol. The van der Waals surface area contributed by atoms with Gasteiger partial charge in [-0.25, -0.2) is 0 Å². The van der Waals surface area contributed by atoms with Crippen LogP contribution in [0.25, 0.3) is 0 Å². The number of nitrogens with zero attached hydrogens (tertiary/aromatic N) is 1. The lowest BCUT2D eigenvalue weighted by Crippen LogP contribution is -2.56.